The Morgan fingerprint density at radius 3 is 0.400 bits per heavy atom. The minimum atomic E-state index is -0.123. The highest BCUT2D eigenvalue weighted by Gasteiger charge is 2.30. The Morgan fingerprint density at radius 1 is 0.160 bits per heavy atom. The molecule has 6 aliphatic carbocycles. The third-order valence-corrected chi connectivity index (χ3v) is 33.6. The van der Waals surface area contributed by atoms with E-state index in [4.69, 9.17) is 0 Å². The first-order valence-electron chi connectivity index (χ1n) is 55.7. The van der Waals surface area contributed by atoms with Gasteiger partial charge in [-0.1, -0.05) is 225 Å². The number of hydrogen-bond acceptors (Lipinski definition) is 6. The topological polar surface area (TPSA) is 132 Å². The van der Waals surface area contributed by atoms with Gasteiger partial charge in [-0.15, -0.1) is 0 Å². The summed E-state index contributed by atoms with van der Waals surface area (Å²) in [5.41, 5.74) is 3.96. The van der Waals surface area contributed by atoms with Gasteiger partial charge >= 0.3 is 0 Å². The van der Waals surface area contributed by atoms with E-state index in [0.29, 0.717) is 67.8 Å². The van der Waals surface area contributed by atoms with Crippen molar-refractivity contribution in [2.45, 2.75) is 270 Å². The first-order chi connectivity index (χ1) is 73.4. The van der Waals surface area contributed by atoms with Gasteiger partial charge < -0.3 is 27.4 Å². The fraction of sp³-hybridized carbons (Fsp3) is 0.348. The second kappa shape index (κ2) is 49.3. The van der Waals surface area contributed by atoms with Crippen LogP contribution in [0.25, 0.3) is 130 Å². The summed E-state index contributed by atoms with van der Waals surface area (Å²) in [6.07, 6.45) is 33.0. The molecule has 12 nitrogen and oxygen atoms in total. The van der Waals surface area contributed by atoms with Gasteiger partial charge in [-0.25, -0.2) is 0 Å². The van der Waals surface area contributed by atoms with Crippen molar-refractivity contribution in [2.24, 2.45) is 35.5 Å². The standard InChI is InChI=1S/C138H138N6O6/c1-97(109-31-13-7-14-32-109)139-127-85-55-103(56-86-127)49-67-115-43-25-26-44-116(115)68-50-104-59-89-129(90-60-104)141(99(3)111-35-17-9-18-36-111)135(147)123-77-79-124(80-78-123)136(148)143(101(5)113-39-21-11-22-40-113)131-93-63-107(64-94-131)53-71-119-47-29-30-48-120(119)72-54-108-65-95-132(96-66-108)144(102(6)114-41-23-12-24-42-114)138(150)126-83-81-125(82-84-126)137(149)142(100(4)112-37-19-10-20-38-112)130-91-61-106(62-92-130)52-70-118-46-28-27-45-117(118)69-51-105-57-87-128(88-58-105)140(98(2)110-33-15-8-16-34-110)134(146)122-75-73-121(74-76-122)133(139)145/h25-30,43-48,55-66,73-102,109-114H,7-24,31-42H2,1-6H3/t97-,98-,99-,100-,101-,102-/m1/s1. The summed E-state index contributed by atoms with van der Waals surface area (Å²) in [7, 11) is 0. The number of fused-ring (bicyclic) bond motifs is 3. The van der Waals surface area contributed by atoms with Gasteiger partial charge in [-0.05, 0) is 409 Å². The Balaban J connectivity index is 0.735. The molecule has 6 saturated carbocycles. The largest absolute Gasteiger partial charge is 0.305 e. The van der Waals surface area contributed by atoms with Crippen LogP contribution in [-0.2, 0) is 0 Å². The van der Waals surface area contributed by atoms with Crippen LogP contribution >= 0.6 is 0 Å². The summed E-state index contributed by atoms with van der Waals surface area (Å²) in [5, 5.41) is 12.5. The molecule has 12 aromatic carbocycles. The van der Waals surface area contributed by atoms with Crippen molar-refractivity contribution in [2.75, 3.05) is 0 Å². The molecule has 0 saturated heterocycles. The maximum Gasteiger partial charge on any atom is 0.258 e. The summed E-state index contributed by atoms with van der Waals surface area (Å²) in [5.74, 6) is 1.87. The fourth-order valence-electron chi connectivity index (χ4n) is 24.5. The van der Waals surface area contributed by atoms with Crippen molar-refractivity contribution in [3.8, 4) is 0 Å². The zero-order chi connectivity index (χ0) is 103. The quantitative estimate of drug-likeness (QED) is 0.120. The molecular formula is C138H138N6O6. The van der Waals surface area contributed by atoms with Crippen molar-refractivity contribution in [1.29, 1.82) is 0 Å². The van der Waals surface area contributed by atoms with Gasteiger partial charge in [0.05, 0.1) is 0 Å². The lowest BCUT2D eigenvalue weighted by molar-refractivity contribution is 0.265. The molecule has 0 N–H and O–H groups in total. The van der Waals surface area contributed by atoms with Gasteiger partial charge in [-0.2, -0.15) is 0 Å². The molecule has 6 atom stereocenters. The molecule has 0 spiro atoms. The number of rotatable bonds is 12. The molecule has 18 bridgehead atoms. The number of nitrogens with zero attached hydrogens (tertiary/aromatic N) is 6. The van der Waals surface area contributed by atoms with E-state index in [-0.39, 0.29) is 69.6 Å². The first-order valence-corrected chi connectivity index (χ1v) is 55.7. The van der Waals surface area contributed by atoms with Crippen LogP contribution in [-0.4, -0.2) is 27.4 Å². The van der Waals surface area contributed by atoms with E-state index in [2.05, 4.69) is 114 Å². The normalized spacial score (nSPS) is 16.5. The van der Waals surface area contributed by atoms with Gasteiger partial charge in [-0.3, -0.25) is 28.8 Å². The van der Waals surface area contributed by atoms with Crippen molar-refractivity contribution < 1.29 is 0 Å². The predicted octanol–water partition coefficient (Wildman–Crippen LogP) is 32.8. The molecule has 31 rings (SSSR count). The van der Waals surface area contributed by atoms with Crippen LogP contribution in [0, 0.1) is 108 Å². The molecule has 13 aromatic heterocycles. The van der Waals surface area contributed by atoms with Crippen LogP contribution in [0.3, 0.4) is 0 Å². The molecular weight excluding hydrogens is 1840 g/mol. The Bertz CT molecular complexity index is 6970. The maximum atomic E-state index is 15.4. The third kappa shape index (κ3) is 24.7. The fourth-order valence-corrected chi connectivity index (χ4v) is 24.5. The Hall–Kier alpha value is -15.2. The summed E-state index contributed by atoms with van der Waals surface area (Å²) in [6.45, 7) is 13.1. The van der Waals surface area contributed by atoms with Crippen LogP contribution in [0.15, 0.2) is 320 Å². The third-order valence-electron chi connectivity index (χ3n) is 33.6. The highest BCUT2D eigenvalue weighted by Crippen LogP contribution is 2.40. The van der Waals surface area contributed by atoms with Crippen molar-refractivity contribution in [1.82, 2.24) is 27.4 Å². The number of aromatic nitrogens is 6. The van der Waals surface area contributed by atoms with Crippen LogP contribution in [0.2, 0.25) is 0 Å². The second-order valence-electron chi connectivity index (χ2n) is 43.0. The van der Waals surface area contributed by atoms with E-state index in [9.17, 15) is 0 Å². The zero-order valence-electron chi connectivity index (χ0n) is 88.0. The molecule has 6 fully saturated rings. The van der Waals surface area contributed by atoms with Crippen molar-refractivity contribution in [3.63, 3.8) is 0 Å². The summed E-state index contributed by atoms with van der Waals surface area (Å²) in [6, 6.07) is 134. The minimum Gasteiger partial charge on any atom is -0.305 e. The monoisotopic (exact) mass is 1980 g/mol. The molecule has 756 valence electrons. The highest BCUT2D eigenvalue weighted by molar-refractivity contribution is 5.82. The van der Waals surface area contributed by atoms with E-state index in [1.54, 1.807) is 0 Å². The maximum absolute atomic E-state index is 15.4. The van der Waals surface area contributed by atoms with Gasteiger partial charge in [0.1, 0.15) is 0 Å². The smallest absolute Gasteiger partial charge is 0.258 e. The van der Waals surface area contributed by atoms with Gasteiger partial charge in [0.2, 0.25) is 0 Å². The predicted molar refractivity (Wildman–Crippen MR) is 621 cm³/mol. The molecule has 25 aromatic rings. The van der Waals surface area contributed by atoms with Crippen molar-refractivity contribution in [3.05, 3.63) is 426 Å². The van der Waals surface area contributed by atoms with Crippen LogP contribution in [0.4, 0.5) is 0 Å². The van der Waals surface area contributed by atoms with Gasteiger partial charge in [0.25, 0.3) is 33.4 Å². The lowest BCUT2D eigenvalue weighted by Gasteiger charge is -2.29. The van der Waals surface area contributed by atoms with E-state index in [1.165, 1.54) is 38.5 Å². The van der Waals surface area contributed by atoms with Gasteiger partial charge in [0.15, 0.2) is 0 Å². The van der Waals surface area contributed by atoms with Crippen molar-refractivity contribution >= 4 is 130 Å². The van der Waals surface area contributed by atoms with E-state index < -0.39 is 0 Å². The highest BCUT2D eigenvalue weighted by atomic mass is 16.2. The second-order valence-corrected chi connectivity index (χ2v) is 43.0. The average molecular weight is 1980 g/mol. The average Bonchev–Trinajstić information content (AvgIpc) is 0.793. The first kappa shape index (κ1) is 103. The van der Waals surface area contributed by atoms with E-state index in [0.717, 1.165) is 252 Å². The molecule has 0 unspecified atom stereocenters. The molecule has 150 heavy (non-hydrogen) atoms. The zero-order valence-corrected chi connectivity index (χ0v) is 88.0. The van der Waals surface area contributed by atoms with E-state index in [1.807, 2.05) is 319 Å². The van der Waals surface area contributed by atoms with Crippen LogP contribution < -0.4 is 33.4 Å². The molecule has 0 radical (unpaired) electrons. The Kier molecular flexibility index (Phi) is 34.0. The minimum absolute atomic E-state index is 0.103. The number of benzene rings is 12. The lowest BCUT2D eigenvalue weighted by Crippen LogP contribution is -2.29. The molecule has 0 amide bonds. The Labute approximate surface area is 883 Å². The molecule has 13 heterocycles. The molecule has 12 heteroatoms. The summed E-state index contributed by atoms with van der Waals surface area (Å²) in [4.78, 5) is 92.4. The van der Waals surface area contributed by atoms with Crippen LogP contribution in [0.1, 0.15) is 270 Å². The molecule has 6 aliphatic rings. The SMILES string of the molecule is C[C@H](C1CCCCC1)n1c(=O)c2ccc(cc2)c(=O)n([C@H](C)C2CCCCC2)c2ccc(c#cc3ccccc3c#cc3ccc(cc3)n([C@H](C)C3CCCCC3)c(=O)c3ccc(cc3)c(=O)n([C@H](C)C3CCCCC3)c3ccc(c#cc4ccccc4c#cc4ccc(cc4)n([C@H](C)C4CCCCC4)c(=O)c4ccc(cc4)c(=O)n([C@H](C)C4CCCCC4)c4ccc(c#cc5ccccc5c#cc5ccc1cc5)cc4)cc3)cc2. The Morgan fingerprint density at radius 2 is 0.280 bits per heavy atom. The summed E-state index contributed by atoms with van der Waals surface area (Å²) >= 11 is 0. The number of hydrogen-bond donors (Lipinski definition) is 0. The van der Waals surface area contributed by atoms with Gasteiger partial charge in [0, 0.05) is 166 Å². The van der Waals surface area contributed by atoms with Crippen LogP contribution in [0.5, 0.6) is 0 Å². The van der Waals surface area contributed by atoms with E-state index >= 15 is 28.8 Å². The summed E-state index contributed by atoms with van der Waals surface area (Å²) < 4.78 is 11.8. The molecule has 0 aliphatic heterocycles. The lowest BCUT2D eigenvalue weighted by atomic mass is 9.84.